The molecule has 100 valence electrons. The Morgan fingerprint density at radius 3 is 2.53 bits per heavy atom. The van der Waals surface area contributed by atoms with Crippen LogP contribution >= 0.6 is 39.1 Å². The van der Waals surface area contributed by atoms with Crippen LogP contribution in [0.5, 0.6) is 11.5 Å². The lowest BCUT2D eigenvalue weighted by Crippen LogP contribution is -1.91. The van der Waals surface area contributed by atoms with E-state index in [2.05, 4.69) is 22.9 Å². The lowest BCUT2D eigenvalue weighted by Gasteiger charge is -2.11. The molecule has 4 heteroatoms. The largest absolute Gasteiger partial charge is 0.457 e. The van der Waals surface area contributed by atoms with E-state index < -0.39 is 0 Å². The van der Waals surface area contributed by atoms with Crippen molar-refractivity contribution in [2.75, 3.05) is 0 Å². The summed E-state index contributed by atoms with van der Waals surface area (Å²) < 4.78 is 5.91. The van der Waals surface area contributed by atoms with Gasteiger partial charge >= 0.3 is 0 Å². The second-order valence-electron chi connectivity index (χ2n) is 4.09. The van der Waals surface area contributed by atoms with Crippen molar-refractivity contribution >= 4 is 39.1 Å². The first-order chi connectivity index (χ1) is 9.13. The van der Waals surface area contributed by atoms with Gasteiger partial charge in [-0.05, 0) is 48.4 Å². The van der Waals surface area contributed by atoms with Crippen molar-refractivity contribution in [3.05, 3.63) is 57.6 Å². The highest BCUT2D eigenvalue weighted by atomic mass is 79.9. The van der Waals surface area contributed by atoms with Gasteiger partial charge in [-0.2, -0.15) is 0 Å². The van der Waals surface area contributed by atoms with E-state index in [1.807, 2.05) is 36.4 Å². The van der Waals surface area contributed by atoms with Crippen molar-refractivity contribution in [2.45, 2.75) is 18.7 Å². The highest BCUT2D eigenvalue weighted by Gasteiger charge is 2.07. The number of rotatable bonds is 4. The fourth-order valence-corrected chi connectivity index (χ4v) is 2.65. The Kier molecular flexibility index (Phi) is 5.14. The number of hydrogen-bond donors (Lipinski definition) is 0. The molecule has 2 rings (SSSR count). The van der Waals surface area contributed by atoms with Crippen molar-refractivity contribution in [3.63, 3.8) is 0 Å². The van der Waals surface area contributed by atoms with Gasteiger partial charge in [0.05, 0.1) is 0 Å². The second kappa shape index (κ2) is 6.65. The number of aryl methyl sites for hydroxylation is 1. The Hall–Kier alpha value is -0.700. The van der Waals surface area contributed by atoms with Gasteiger partial charge in [0.15, 0.2) is 0 Å². The van der Waals surface area contributed by atoms with E-state index in [1.54, 1.807) is 0 Å². The number of alkyl halides is 1. The van der Waals surface area contributed by atoms with Gasteiger partial charge in [0.25, 0.3) is 0 Å². The van der Waals surface area contributed by atoms with E-state index in [0.29, 0.717) is 10.4 Å². The summed E-state index contributed by atoms with van der Waals surface area (Å²) in [4.78, 5) is 0. The lowest BCUT2D eigenvalue weighted by atomic mass is 10.1. The number of benzene rings is 2. The minimum Gasteiger partial charge on any atom is -0.457 e. The highest BCUT2D eigenvalue weighted by molar-refractivity contribution is 9.08. The van der Waals surface area contributed by atoms with Crippen molar-refractivity contribution in [1.82, 2.24) is 0 Å². The molecule has 2 aromatic rings. The zero-order chi connectivity index (χ0) is 13.8. The van der Waals surface area contributed by atoms with Gasteiger partial charge in [-0.1, -0.05) is 46.1 Å². The van der Waals surface area contributed by atoms with Crippen molar-refractivity contribution in [3.8, 4) is 11.5 Å². The molecule has 0 unspecified atom stereocenters. The van der Waals surface area contributed by atoms with E-state index in [-0.39, 0.29) is 0 Å². The first-order valence-corrected chi connectivity index (χ1v) is 7.82. The molecule has 0 fully saturated rings. The van der Waals surface area contributed by atoms with Crippen LogP contribution in [-0.4, -0.2) is 0 Å². The van der Waals surface area contributed by atoms with E-state index in [9.17, 15) is 0 Å². The zero-order valence-electron chi connectivity index (χ0n) is 10.4. The maximum absolute atomic E-state index is 6.10. The number of hydrogen-bond acceptors (Lipinski definition) is 1. The molecule has 0 radical (unpaired) electrons. The average molecular weight is 360 g/mol. The van der Waals surface area contributed by atoms with Crippen LogP contribution in [0.25, 0.3) is 0 Å². The molecule has 0 bridgehead atoms. The SMILES string of the molecule is CCc1cc(Oc2ccc(Cl)cc2CBr)ccc1Cl. The third-order valence-corrected chi connectivity index (χ3v) is 4.00. The topological polar surface area (TPSA) is 9.23 Å². The molecule has 0 saturated heterocycles. The van der Waals surface area contributed by atoms with Gasteiger partial charge in [-0.15, -0.1) is 0 Å². The predicted molar refractivity (Wildman–Crippen MR) is 85.0 cm³/mol. The molecular weight excluding hydrogens is 347 g/mol. The first kappa shape index (κ1) is 14.7. The molecule has 0 aliphatic rings. The third kappa shape index (κ3) is 3.65. The van der Waals surface area contributed by atoms with Crippen molar-refractivity contribution < 1.29 is 4.74 Å². The maximum atomic E-state index is 6.10. The molecule has 2 aromatic carbocycles. The molecule has 0 N–H and O–H groups in total. The number of ether oxygens (including phenoxy) is 1. The fraction of sp³-hybridized carbons (Fsp3) is 0.200. The first-order valence-electron chi connectivity index (χ1n) is 5.94. The van der Waals surface area contributed by atoms with Crippen LogP contribution in [0.2, 0.25) is 10.0 Å². The summed E-state index contributed by atoms with van der Waals surface area (Å²) in [5.41, 5.74) is 2.09. The van der Waals surface area contributed by atoms with Crippen LogP contribution < -0.4 is 4.74 Å². The van der Waals surface area contributed by atoms with Crippen LogP contribution in [0.4, 0.5) is 0 Å². The summed E-state index contributed by atoms with van der Waals surface area (Å²) in [6.45, 7) is 2.07. The predicted octanol–water partition coefficient (Wildman–Crippen LogP) is 6.24. The summed E-state index contributed by atoms with van der Waals surface area (Å²) in [7, 11) is 0. The minimum absolute atomic E-state index is 0.692. The monoisotopic (exact) mass is 358 g/mol. The van der Waals surface area contributed by atoms with Crippen molar-refractivity contribution in [1.29, 1.82) is 0 Å². The Morgan fingerprint density at radius 1 is 1.05 bits per heavy atom. The third-order valence-electron chi connectivity index (χ3n) is 2.79. The molecule has 0 amide bonds. The van der Waals surface area contributed by atoms with Crippen LogP contribution in [0.1, 0.15) is 18.1 Å². The van der Waals surface area contributed by atoms with Gasteiger partial charge in [0.2, 0.25) is 0 Å². The normalized spacial score (nSPS) is 10.5. The minimum atomic E-state index is 0.692. The molecule has 0 atom stereocenters. The van der Waals surface area contributed by atoms with Gasteiger partial charge in [0, 0.05) is 20.9 Å². The maximum Gasteiger partial charge on any atom is 0.131 e. The molecule has 0 aromatic heterocycles. The quantitative estimate of drug-likeness (QED) is 0.586. The lowest BCUT2D eigenvalue weighted by molar-refractivity contribution is 0.478. The summed E-state index contributed by atoms with van der Waals surface area (Å²) >= 11 is 15.5. The Morgan fingerprint density at radius 2 is 1.84 bits per heavy atom. The zero-order valence-corrected chi connectivity index (χ0v) is 13.5. The highest BCUT2D eigenvalue weighted by Crippen LogP contribution is 2.31. The Balaban J connectivity index is 2.30. The van der Waals surface area contributed by atoms with E-state index >= 15 is 0 Å². The summed E-state index contributed by atoms with van der Waals surface area (Å²) in [6, 6.07) is 11.3. The molecule has 1 nitrogen and oxygen atoms in total. The standard InChI is InChI=1S/C15H13BrCl2O/c1-2-10-8-13(4-5-14(10)18)19-15-6-3-12(17)7-11(15)9-16/h3-8H,2,9H2,1H3. The average Bonchev–Trinajstić information content (AvgIpc) is 2.42. The molecular formula is C15H13BrCl2O. The van der Waals surface area contributed by atoms with Crippen LogP contribution in [0, 0.1) is 0 Å². The Labute approximate surface area is 131 Å². The van der Waals surface area contributed by atoms with Gasteiger partial charge < -0.3 is 4.74 Å². The van der Waals surface area contributed by atoms with Crippen LogP contribution in [-0.2, 0) is 11.8 Å². The molecule has 0 saturated carbocycles. The summed E-state index contributed by atoms with van der Waals surface area (Å²) in [5.74, 6) is 1.58. The molecule has 0 aliphatic carbocycles. The fourth-order valence-electron chi connectivity index (χ4n) is 1.76. The van der Waals surface area contributed by atoms with E-state index in [0.717, 1.165) is 34.1 Å². The molecule has 0 heterocycles. The molecule has 19 heavy (non-hydrogen) atoms. The summed E-state index contributed by atoms with van der Waals surface area (Å²) in [5, 5.41) is 2.16. The molecule has 0 aliphatic heterocycles. The smallest absolute Gasteiger partial charge is 0.131 e. The second-order valence-corrected chi connectivity index (χ2v) is 5.50. The van der Waals surface area contributed by atoms with E-state index in [1.165, 1.54) is 0 Å². The van der Waals surface area contributed by atoms with Gasteiger partial charge in [0.1, 0.15) is 11.5 Å². The van der Waals surface area contributed by atoms with Crippen LogP contribution in [0.15, 0.2) is 36.4 Å². The Bertz CT molecular complexity index is 584. The molecule has 0 spiro atoms. The van der Waals surface area contributed by atoms with E-state index in [4.69, 9.17) is 27.9 Å². The summed E-state index contributed by atoms with van der Waals surface area (Å²) in [6.07, 6.45) is 0.877. The van der Waals surface area contributed by atoms with Crippen LogP contribution in [0.3, 0.4) is 0 Å². The van der Waals surface area contributed by atoms with Crippen molar-refractivity contribution in [2.24, 2.45) is 0 Å². The van der Waals surface area contributed by atoms with Gasteiger partial charge in [-0.25, -0.2) is 0 Å². The number of halogens is 3. The van der Waals surface area contributed by atoms with Gasteiger partial charge in [-0.3, -0.25) is 0 Å².